The van der Waals surface area contributed by atoms with Gasteiger partial charge in [-0.1, -0.05) is 0 Å². The van der Waals surface area contributed by atoms with Gasteiger partial charge in [-0.25, -0.2) is 4.39 Å². The number of rotatable bonds is 4. The fourth-order valence-electron chi connectivity index (χ4n) is 1.29. The Morgan fingerprint density at radius 1 is 1.44 bits per heavy atom. The molecule has 5 heteroatoms. The van der Waals surface area contributed by atoms with Gasteiger partial charge in [0, 0.05) is 23.0 Å². The van der Waals surface area contributed by atoms with Crippen LogP contribution in [-0.4, -0.2) is 15.5 Å². The summed E-state index contributed by atoms with van der Waals surface area (Å²) in [4.78, 5) is 0.888. The maximum atomic E-state index is 13.1. The molecule has 0 unspecified atom stereocenters. The summed E-state index contributed by atoms with van der Waals surface area (Å²) in [6.07, 6.45) is 3.65. The third-order valence-corrected chi connectivity index (χ3v) is 3.09. The predicted octanol–water partition coefficient (Wildman–Crippen LogP) is 2.40. The van der Waals surface area contributed by atoms with Gasteiger partial charge in [0.1, 0.15) is 5.82 Å². The van der Waals surface area contributed by atoms with Gasteiger partial charge in [0.05, 0.1) is 12.2 Å². The van der Waals surface area contributed by atoms with Crippen molar-refractivity contribution in [2.75, 3.05) is 11.5 Å². The summed E-state index contributed by atoms with van der Waals surface area (Å²) in [6.45, 7) is 0.809. The lowest BCUT2D eigenvalue weighted by atomic mass is 10.3. The molecule has 0 aliphatic heterocycles. The van der Waals surface area contributed by atoms with Crippen molar-refractivity contribution < 1.29 is 4.39 Å². The maximum Gasteiger partial charge on any atom is 0.147 e. The molecule has 16 heavy (non-hydrogen) atoms. The quantitative estimate of drug-likeness (QED) is 0.656. The first-order valence-electron chi connectivity index (χ1n) is 4.91. The zero-order valence-corrected chi connectivity index (χ0v) is 9.45. The minimum Gasteiger partial charge on any atom is -0.396 e. The highest BCUT2D eigenvalue weighted by Gasteiger charge is 2.00. The van der Waals surface area contributed by atoms with E-state index in [0.29, 0.717) is 0 Å². The first-order chi connectivity index (χ1) is 7.75. The predicted molar refractivity (Wildman–Crippen MR) is 63.8 cm³/mol. The zero-order chi connectivity index (χ0) is 11.4. The van der Waals surface area contributed by atoms with Crippen molar-refractivity contribution >= 4 is 17.4 Å². The first-order valence-corrected chi connectivity index (χ1v) is 5.89. The van der Waals surface area contributed by atoms with Crippen molar-refractivity contribution in [2.24, 2.45) is 0 Å². The Balaban J connectivity index is 1.87. The van der Waals surface area contributed by atoms with E-state index in [2.05, 4.69) is 5.10 Å². The van der Waals surface area contributed by atoms with Gasteiger partial charge in [0.25, 0.3) is 0 Å². The Bertz CT molecular complexity index is 456. The lowest BCUT2D eigenvalue weighted by Crippen LogP contribution is -2.00. The van der Waals surface area contributed by atoms with E-state index in [4.69, 9.17) is 5.73 Å². The summed E-state index contributed by atoms with van der Waals surface area (Å²) in [5, 5.41) is 4.09. The summed E-state index contributed by atoms with van der Waals surface area (Å²) >= 11 is 1.59. The number of hydrogen-bond acceptors (Lipinski definition) is 3. The summed E-state index contributed by atoms with van der Waals surface area (Å²) in [7, 11) is 0. The average Bonchev–Trinajstić information content (AvgIpc) is 2.76. The number of thioether (sulfide) groups is 1. The molecule has 2 N–H and O–H groups in total. The van der Waals surface area contributed by atoms with E-state index in [9.17, 15) is 4.39 Å². The van der Waals surface area contributed by atoms with Gasteiger partial charge in [-0.2, -0.15) is 5.10 Å². The Hall–Kier alpha value is -1.49. The molecule has 0 radical (unpaired) electrons. The number of aromatic nitrogens is 2. The van der Waals surface area contributed by atoms with Crippen LogP contribution in [0.2, 0.25) is 0 Å². The number of halogens is 1. The number of benzene rings is 1. The summed E-state index contributed by atoms with van der Waals surface area (Å²) in [5.41, 5.74) is 5.59. The van der Waals surface area contributed by atoms with Crippen molar-refractivity contribution in [3.8, 4) is 0 Å². The van der Waals surface area contributed by atoms with Crippen molar-refractivity contribution in [1.29, 1.82) is 0 Å². The molecule has 84 valence electrons. The highest BCUT2D eigenvalue weighted by Crippen LogP contribution is 2.21. The van der Waals surface area contributed by atoms with Crippen LogP contribution in [0.4, 0.5) is 10.1 Å². The molecular formula is C11H12FN3S. The van der Waals surface area contributed by atoms with Gasteiger partial charge >= 0.3 is 0 Å². The van der Waals surface area contributed by atoms with Crippen LogP contribution in [0.3, 0.4) is 0 Å². The zero-order valence-electron chi connectivity index (χ0n) is 8.64. The molecule has 0 fully saturated rings. The molecule has 0 bridgehead atoms. The molecule has 2 rings (SSSR count). The molecule has 2 aromatic rings. The summed E-state index contributed by atoms with van der Waals surface area (Å²) < 4.78 is 15.0. The number of nitrogen functional groups attached to an aromatic ring is 1. The van der Waals surface area contributed by atoms with E-state index in [1.54, 1.807) is 24.0 Å². The van der Waals surface area contributed by atoms with Crippen LogP contribution >= 0.6 is 11.8 Å². The Labute approximate surface area is 97.5 Å². The lowest BCUT2D eigenvalue weighted by molar-refractivity contribution is 0.629. The minimum absolute atomic E-state index is 0.191. The number of nitrogens with two attached hydrogens (primary N) is 1. The molecule has 0 atom stereocenters. The SMILES string of the molecule is Nc1ccc(SCCn2cccn2)cc1F. The molecular weight excluding hydrogens is 225 g/mol. The Kier molecular flexibility index (Phi) is 3.46. The van der Waals surface area contributed by atoms with E-state index >= 15 is 0 Å². The minimum atomic E-state index is -0.357. The van der Waals surface area contributed by atoms with Crippen molar-refractivity contribution in [1.82, 2.24) is 9.78 Å². The van der Waals surface area contributed by atoms with Crippen molar-refractivity contribution in [3.63, 3.8) is 0 Å². The van der Waals surface area contributed by atoms with Crippen LogP contribution in [0, 0.1) is 5.82 Å². The van der Waals surface area contributed by atoms with Crippen molar-refractivity contribution in [3.05, 3.63) is 42.5 Å². The van der Waals surface area contributed by atoms with E-state index < -0.39 is 0 Å². The van der Waals surface area contributed by atoms with Gasteiger partial charge in [-0.3, -0.25) is 4.68 Å². The van der Waals surface area contributed by atoms with Gasteiger partial charge < -0.3 is 5.73 Å². The van der Waals surface area contributed by atoms with Gasteiger partial charge in [-0.05, 0) is 24.3 Å². The molecule has 0 saturated heterocycles. The van der Waals surface area contributed by atoms with E-state index in [1.165, 1.54) is 6.07 Å². The summed E-state index contributed by atoms with van der Waals surface area (Å²) in [5.74, 6) is 0.495. The third kappa shape index (κ3) is 2.76. The molecule has 0 spiro atoms. The van der Waals surface area contributed by atoms with Crippen molar-refractivity contribution in [2.45, 2.75) is 11.4 Å². The second-order valence-electron chi connectivity index (χ2n) is 3.30. The fraction of sp³-hybridized carbons (Fsp3) is 0.182. The number of aryl methyl sites for hydroxylation is 1. The molecule has 0 saturated carbocycles. The fourth-order valence-corrected chi connectivity index (χ4v) is 2.15. The van der Waals surface area contributed by atoms with Gasteiger partial charge in [0.2, 0.25) is 0 Å². The monoisotopic (exact) mass is 237 g/mol. The van der Waals surface area contributed by atoms with Crippen LogP contribution in [0.25, 0.3) is 0 Å². The van der Waals surface area contributed by atoms with Gasteiger partial charge in [-0.15, -0.1) is 11.8 Å². The molecule has 1 aromatic heterocycles. The average molecular weight is 237 g/mol. The largest absolute Gasteiger partial charge is 0.396 e. The topological polar surface area (TPSA) is 43.8 Å². The second kappa shape index (κ2) is 5.03. The number of anilines is 1. The molecule has 0 aliphatic rings. The third-order valence-electron chi connectivity index (χ3n) is 2.12. The number of nitrogens with zero attached hydrogens (tertiary/aromatic N) is 2. The molecule has 1 heterocycles. The van der Waals surface area contributed by atoms with Gasteiger partial charge in [0.15, 0.2) is 0 Å². The van der Waals surface area contributed by atoms with E-state index in [0.717, 1.165) is 17.2 Å². The molecule has 0 aliphatic carbocycles. The van der Waals surface area contributed by atoms with Crippen LogP contribution in [-0.2, 0) is 6.54 Å². The normalized spacial score (nSPS) is 10.6. The van der Waals surface area contributed by atoms with Crippen LogP contribution in [0.1, 0.15) is 0 Å². The smallest absolute Gasteiger partial charge is 0.147 e. The Morgan fingerprint density at radius 3 is 3.00 bits per heavy atom. The lowest BCUT2D eigenvalue weighted by Gasteiger charge is -2.03. The maximum absolute atomic E-state index is 13.1. The number of hydrogen-bond donors (Lipinski definition) is 1. The van der Waals surface area contributed by atoms with Crippen LogP contribution < -0.4 is 5.73 Å². The van der Waals surface area contributed by atoms with Crippen LogP contribution in [0.15, 0.2) is 41.6 Å². The summed E-state index contributed by atoms with van der Waals surface area (Å²) in [6, 6.07) is 6.76. The molecule has 1 aromatic carbocycles. The highest BCUT2D eigenvalue weighted by atomic mass is 32.2. The van der Waals surface area contributed by atoms with E-state index in [-0.39, 0.29) is 11.5 Å². The highest BCUT2D eigenvalue weighted by molar-refractivity contribution is 7.99. The molecule has 0 amide bonds. The first kappa shape index (κ1) is 11.0. The molecule has 3 nitrogen and oxygen atoms in total. The van der Waals surface area contributed by atoms with Crippen LogP contribution in [0.5, 0.6) is 0 Å². The Morgan fingerprint density at radius 2 is 2.31 bits per heavy atom. The standard InChI is InChI=1S/C11H12FN3S/c12-10-8-9(2-3-11(10)13)16-7-6-15-5-1-4-14-15/h1-5,8H,6-7,13H2. The second-order valence-corrected chi connectivity index (χ2v) is 4.47. The van der Waals surface area contributed by atoms with E-state index in [1.807, 2.05) is 23.0 Å².